The molecule has 1 heterocycles. The fourth-order valence-corrected chi connectivity index (χ4v) is 4.69. The molecule has 3 nitrogen and oxygen atoms in total. The third-order valence-electron chi connectivity index (χ3n) is 5.75. The van der Waals surface area contributed by atoms with Gasteiger partial charge in [0, 0.05) is 31.3 Å². The molecule has 29 heavy (non-hydrogen) atoms. The summed E-state index contributed by atoms with van der Waals surface area (Å²) in [5.74, 6) is 5.24. The Morgan fingerprint density at radius 1 is 1.38 bits per heavy atom. The number of hydrogen-bond donors (Lipinski definition) is 1. The third kappa shape index (κ3) is 5.92. The van der Waals surface area contributed by atoms with Crippen LogP contribution in [0.1, 0.15) is 63.4 Å². The predicted octanol–water partition coefficient (Wildman–Crippen LogP) is 5.71. The maximum atomic E-state index is 14.9. The lowest BCUT2D eigenvalue weighted by Gasteiger charge is -2.29. The van der Waals surface area contributed by atoms with E-state index in [9.17, 15) is 9.50 Å². The first-order valence-corrected chi connectivity index (χ1v) is 11.4. The summed E-state index contributed by atoms with van der Waals surface area (Å²) < 4.78 is 27.3. The minimum absolute atomic E-state index is 0.100. The minimum Gasteiger partial charge on any atom is -0.392 e. The largest absolute Gasteiger partial charge is 0.392 e. The van der Waals surface area contributed by atoms with E-state index in [2.05, 4.69) is 39.9 Å². The molecule has 2 fully saturated rings. The molecule has 2 aliphatic rings. The number of halogens is 2. The van der Waals surface area contributed by atoms with Crippen LogP contribution in [0.3, 0.4) is 0 Å². The maximum absolute atomic E-state index is 14.9. The van der Waals surface area contributed by atoms with Crippen molar-refractivity contribution < 1.29 is 19.0 Å². The molecule has 3 unspecified atom stereocenters. The Morgan fingerprint density at radius 3 is 3.00 bits per heavy atom. The second kappa shape index (κ2) is 11.3. The van der Waals surface area contributed by atoms with Crippen LogP contribution in [0.2, 0.25) is 0 Å². The van der Waals surface area contributed by atoms with E-state index < -0.39 is 6.10 Å². The lowest BCUT2D eigenvalue weighted by Crippen LogP contribution is -2.30. The number of hydrogen-bond acceptors (Lipinski definition) is 3. The van der Waals surface area contributed by atoms with Crippen molar-refractivity contribution in [2.45, 2.75) is 76.3 Å². The average Bonchev–Trinajstić information content (AvgIpc) is 3.02. The van der Waals surface area contributed by atoms with Crippen LogP contribution in [0.5, 0.6) is 0 Å². The Balaban J connectivity index is 1.78. The monoisotopic (exact) mass is 464 g/mol. The molecule has 5 heteroatoms. The highest BCUT2D eigenvalue weighted by Gasteiger charge is 2.45. The van der Waals surface area contributed by atoms with Gasteiger partial charge in [-0.3, -0.25) is 0 Å². The minimum atomic E-state index is -0.659. The fourth-order valence-electron chi connectivity index (χ4n) is 4.31. The van der Waals surface area contributed by atoms with Crippen LogP contribution in [0, 0.1) is 23.6 Å². The van der Waals surface area contributed by atoms with E-state index in [1.807, 2.05) is 13.0 Å². The Hall–Kier alpha value is -1.19. The highest BCUT2D eigenvalue weighted by molar-refractivity contribution is 9.10. The summed E-state index contributed by atoms with van der Waals surface area (Å²) in [5.41, 5.74) is 0.536. The van der Waals surface area contributed by atoms with E-state index >= 15 is 0 Å². The van der Waals surface area contributed by atoms with Gasteiger partial charge in [0.15, 0.2) is 6.29 Å². The van der Waals surface area contributed by atoms with Crippen molar-refractivity contribution in [1.29, 1.82) is 0 Å². The molecular formula is C24H30BrFO3. The molecule has 5 atom stereocenters. The molecule has 0 amide bonds. The van der Waals surface area contributed by atoms with Gasteiger partial charge in [0.25, 0.3) is 0 Å². The van der Waals surface area contributed by atoms with E-state index in [1.165, 1.54) is 0 Å². The van der Waals surface area contributed by atoms with Crippen LogP contribution in [-0.2, 0) is 9.47 Å². The van der Waals surface area contributed by atoms with Gasteiger partial charge in [0.2, 0.25) is 0 Å². The Bertz CT molecular complexity index is 748. The van der Waals surface area contributed by atoms with Crippen molar-refractivity contribution in [2.75, 3.05) is 6.61 Å². The van der Waals surface area contributed by atoms with Gasteiger partial charge >= 0.3 is 0 Å². The van der Waals surface area contributed by atoms with Crippen LogP contribution in [0.15, 0.2) is 34.8 Å². The van der Waals surface area contributed by atoms with Gasteiger partial charge in [-0.2, -0.15) is 0 Å². The number of aliphatic hydroxyl groups excluding tert-OH is 1. The average molecular weight is 465 g/mol. The van der Waals surface area contributed by atoms with Crippen molar-refractivity contribution >= 4 is 15.9 Å². The summed E-state index contributed by atoms with van der Waals surface area (Å²) in [5, 5.41) is 10.8. The summed E-state index contributed by atoms with van der Waals surface area (Å²) in [6.07, 6.45) is 9.40. The van der Waals surface area contributed by atoms with Crippen molar-refractivity contribution in [3.63, 3.8) is 0 Å². The van der Waals surface area contributed by atoms with Crippen LogP contribution in [-0.4, -0.2) is 30.2 Å². The first-order valence-electron chi connectivity index (χ1n) is 10.6. The molecule has 1 aromatic carbocycles. The highest BCUT2D eigenvalue weighted by atomic mass is 79.9. The number of ether oxygens (including phenoxy) is 2. The lowest BCUT2D eigenvalue weighted by molar-refractivity contribution is -0.192. The Kier molecular flexibility index (Phi) is 8.74. The van der Waals surface area contributed by atoms with Crippen molar-refractivity contribution in [2.24, 2.45) is 5.92 Å². The third-order valence-corrected chi connectivity index (χ3v) is 6.36. The van der Waals surface area contributed by atoms with Gasteiger partial charge in [0.05, 0.1) is 16.7 Å². The number of allylic oxidation sites excluding steroid dienone is 1. The molecule has 158 valence electrons. The van der Waals surface area contributed by atoms with Gasteiger partial charge in [-0.1, -0.05) is 24.3 Å². The molecule has 1 aliphatic carbocycles. The van der Waals surface area contributed by atoms with Gasteiger partial charge < -0.3 is 14.6 Å². The molecule has 1 aromatic rings. The van der Waals surface area contributed by atoms with Crippen LogP contribution >= 0.6 is 15.9 Å². The molecule has 1 saturated carbocycles. The SMILES string of the molecule is CC#CCCC/C=C/C1C(c2cccc(Br)c2F)[C@@H](O)C[C@H]1OC1CCCCO1. The highest BCUT2D eigenvalue weighted by Crippen LogP contribution is 2.45. The van der Waals surface area contributed by atoms with Crippen LogP contribution in [0.25, 0.3) is 0 Å². The molecule has 1 N–H and O–H groups in total. The fraction of sp³-hybridized carbons (Fsp3) is 0.583. The number of benzene rings is 1. The molecule has 0 bridgehead atoms. The zero-order valence-electron chi connectivity index (χ0n) is 16.9. The normalized spacial score (nSPS) is 29.7. The summed E-state index contributed by atoms with van der Waals surface area (Å²) >= 11 is 3.28. The number of unbranched alkanes of at least 4 members (excludes halogenated alkanes) is 2. The van der Waals surface area contributed by atoms with E-state index in [-0.39, 0.29) is 30.0 Å². The molecule has 0 radical (unpaired) electrons. The van der Waals surface area contributed by atoms with E-state index in [1.54, 1.807) is 12.1 Å². The molecule has 1 aliphatic heterocycles. The van der Waals surface area contributed by atoms with E-state index in [0.29, 0.717) is 23.1 Å². The second-order valence-corrected chi connectivity index (χ2v) is 8.62. The predicted molar refractivity (Wildman–Crippen MR) is 116 cm³/mol. The first kappa shape index (κ1) is 22.5. The number of rotatable bonds is 7. The molecule has 3 rings (SSSR count). The standard InChI is InChI=1S/C24H30BrFO3/c1-2-3-4-5-6-7-11-17-21(29-22-14-8-9-15-28-22)16-20(27)23(17)18-12-10-13-19(25)24(18)26/h7,10-13,17,20-23,27H,4-6,8-9,14-16H2,1H3/b11-7+/t17?,20-,21+,22?,23?/m0/s1. The topological polar surface area (TPSA) is 38.7 Å². The van der Waals surface area contributed by atoms with Crippen LogP contribution < -0.4 is 0 Å². The smallest absolute Gasteiger partial charge is 0.157 e. The van der Waals surface area contributed by atoms with E-state index in [0.717, 1.165) is 38.5 Å². The van der Waals surface area contributed by atoms with Gasteiger partial charge in [-0.05, 0) is 66.6 Å². The number of aliphatic hydroxyl groups is 1. The maximum Gasteiger partial charge on any atom is 0.157 e. The first-order chi connectivity index (χ1) is 14.1. The van der Waals surface area contributed by atoms with Crippen molar-refractivity contribution in [3.05, 3.63) is 46.2 Å². The van der Waals surface area contributed by atoms with Gasteiger partial charge in [-0.25, -0.2) is 4.39 Å². The summed E-state index contributed by atoms with van der Waals surface area (Å²) in [6.45, 7) is 2.56. The molecule has 0 aromatic heterocycles. The van der Waals surface area contributed by atoms with Gasteiger partial charge in [-0.15, -0.1) is 11.8 Å². The molecule has 1 saturated heterocycles. The Morgan fingerprint density at radius 2 is 2.24 bits per heavy atom. The summed E-state index contributed by atoms with van der Waals surface area (Å²) in [6, 6.07) is 5.27. The second-order valence-electron chi connectivity index (χ2n) is 7.77. The van der Waals surface area contributed by atoms with Gasteiger partial charge in [0.1, 0.15) is 5.82 Å². The van der Waals surface area contributed by atoms with Crippen molar-refractivity contribution in [1.82, 2.24) is 0 Å². The summed E-state index contributed by atoms with van der Waals surface area (Å²) in [4.78, 5) is 0. The lowest BCUT2D eigenvalue weighted by atomic mass is 9.86. The Labute approximate surface area is 181 Å². The van der Waals surface area contributed by atoms with Crippen LogP contribution in [0.4, 0.5) is 4.39 Å². The quantitative estimate of drug-likeness (QED) is 0.318. The van der Waals surface area contributed by atoms with Crippen molar-refractivity contribution in [3.8, 4) is 11.8 Å². The molecular weight excluding hydrogens is 435 g/mol. The van der Waals surface area contributed by atoms with E-state index in [4.69, 9.17) is 9.47 Å². The zero-order valence-corrected chi connectivity index (χ0v) is 18.5. The molecule has 0 spiro atoms. The summed E-state index contributed by atoms with van der Waals surface area (Å²) in [7, 11) is 0. The zero-order chi connectivity index (χ0) is 20.6.